The van der Waals surface area contributed by atoms with Gasteiger partial charge in [-0.05, 0) is 18.8 Å². The molecule has 1 aromatic carbocycles. The number of benzene rings is 1. The maximum atomic E-state index is 15.0. The Kier molecular flexibility index (Phi) is 3.53. The number of aliphatic hydroxyl groups excluding tert-OH is 1. The molecular formula is C18H20FN3O. The van der Waals surface area contributed by atoms with E-state index < -0.39 is 0 Å². The molecule has 4 nitrogen and oxygen atoms in total. The zero-order valence-corrected chi connectivity index (χ0v) is 13.0. The van der Waals surface area contributed by atoms with E-state index in [0.29, 0.717) is 24.0 Å². The van der Waals surface area contributed by atoms with Crippen LogP contribution in [0.2, 0.25) is 0 Å². The van der Waals surface area contributed by atoms with Gasteiger partial charge in [0.1, 0.15) is 12.0 Å². The minimum absolute atomic E-state index is 0.0791. The molecule has 1 saturated carbocycles. The van der Waals surface area contributed by atoms with Crippen molar-refractivity contribution in [1.29, 1.82) is 0 Å². The molecule has 0 spiro atoms. The second-order valence-electron chi connectivity index (χ2n) is 6.72. The van der Waals surface area contributed by atoms with Crippen molar-refractivity contribution in [2.45, 2.75) is 19.3 Å². The first-order chi connectivity index (χ1) is 11.2. The van der Waals surface area contributed by atoms with Gasteiger partial charge in [0.2, 0.25) is 0 Å². The van der Waals surface area contributed by atoms with Gasteiger partial charge in [0.05, 0.1) is 6.61 Å². The predicted molar refractivity (Wildman–Crippen MR) is 86.5 cm³/mol. The summed E-state index contributed by atoms with van der Waals surface area (Å²) in [5.74, 6) is 0.426. The standard InChI is InChI=1S/C18H20FN3O/c19-15-16(13-5-2-1-3-6-13)20-12-21-17(15)22-9-14-7-4-8-18(14,10-22)11-23/h1-3,5-6,12,14,23H,4,7-11H2. The lowest BCUT2D eigenvalue weighted by atomic mass is 9.82. The Labute approximate surface area is 135 Å². The van der Waals surface area contributed by atoms with E-state index in [0.717, 1.165) is 31.4 Å². The molecule has 0 radical (unpaired) electrons. The summed E-state index contributed by atoms with van der Waals surface area (Å²) in [5, 5.41) is 9.84. The minimum Gasteiger partial charge on any atom is -0.396 e. The lowest BCUT2D eigenvalue weighted by Gasteiger charge is -2.26. The van der Waals surface area contributed by atoms with Crippen LogP contribution in [0.15, 0.2) is 36.7 Å². The lowest BCUT2D eigenvalue weighted by Crippen LogP contribution is -2.31. The van der Waals surface area contributed by atoms with E-state index in [1.54, 1.807) is 0 Å². The summed E-state index contributed by atoms with van der Waals surface area (Å²) in [6.07, 6.45) is 4.71. The monoisotopic (exact) mass is 313 g/mol. The van der Waals surface area contributed by atoms with Crippen LogP contribution in [0.5, 0.6) is 0 Å². The molecular weight excluding hydrogens is 293 g/mol. The van der Waals surface area contributed by atoms with Crippen molar-refractivity contribution in [1.82, 2.24) is 9.97 Å². The van der Waals surface area contributed by atoms with Crippen LogP contribution in [0.1, 0.15) is 19.3 Å². The molecule has 2 atom stereocenters. The van der Waals surface area contributed by atoms with Gasteiger partial charge in [0, 0.05) is 24.1 Å². The molecule has 1 saturated heterocycles. The van der Waals surface area contributed by atoms with E-state index in [1.165, 1.54) is 6.33 Å². The zero-order chi connectivity index (χ0) is 15.9. The first kappa shape index (κ1) is 14.6. The zero-order valence-electron chi connectivity index (χ0n) is 13.0. The molecule has 2 unspecified atom stereocenters. The molecule has 0 amide bonds. The minimum atomic E-state index is -0.369. The third kappa shape index (κ3) is 2.30. The van der Waals surface area contributed by atoms with Crippen LogP contribution in [0.4, 0.5) is 10.2 Å². The van der Waals surface area contributed by atoms with Gasteiger partial charge >= 0.3 is 0 Å². The average molecular weight is 313 g/mol. The van der Waals surface area contributed by atoms with Gasteiger partial charge in [-0.15, -0.1) is 0 Å². The Balaban J connectivity index is 1.69. The molecule has 1 N–H and O–H groups in total. The number of anilines is 1. The van der Waals surface area contributed by atoms with Gasteiger partial charge in [-0.2, -0.15) is 0 Å². The smallest absolute Gasteiger partial charge is 0.191 e. The highest BCUT2D eigenvalue weighted by Crippen LogP contribution is 2.49. The molecule has 1 aliphatic carbocycles. The van der Waals surface area contributed by atoms with E-state index in [-0.39, 0.29) is 17.8 Å². The van der Waals surface area contributed by atoms with Crippen molar-refractivity contribution < 1.29 is 9.50 Å². The largest absolute Gasteiger partial charge is 0.396 e. The summed E-state index contributed by atoms with van der Waals surface area (Å²) in [6, 6.07) is 9.34. The number of hydrogen-bond donors (Lipinski definition) is 1. The average Bonchev–Trinajstić information content (AvgIpc) is 3.13. The Morgan fingerprint density at radius 3 is 2.83 bits per heavy atom. The molecule has 5 heteroatoms. The SMILES string of the molecule is OCC12CCCC1CN(c1ncnc(-c3ccccc3)c1F)C2. The molecule has 2 fully saturated rings. The van der Waals surface area contributed by atoms with Gasteiger partial charge in [-0.25, -0.2) is 14.4 Å². The molecule has 23 heavy (non-hydrogen) atoms. The second kappa shape index (κ2) is 5.57. The highest BCUT2D eigenvalue weighted by atomic mass is 19.1. The number of fused-ring (bicyclic) bond motifs is 1. The van der Waals surface area contributed by atoms with Crippen LogP contribution in [-0.2, 0) is 0 Å². The molecule has 1 aromatic heterocycles. The molecule has 2 aliphatic rings. The third-order valence-corrected chi connectivity index (χ3v) is 5.47. The summed E-state index contributed by atoms with van der Waals surface area (Å²) in [5.41, 5.74) is 1.01. The molecule has 0 bridgehead atoms. The van der Waals surface area contributed by atoms with Crippen LogP contribution in [-0.4, -0.2) is 34.8 Å². The fourth-order valence-corrected chi connectivity index (χ4v) is 4.21. The maximum absolute atomic E-state index is 15.0. The van der Waals surface area contributed by atoms with Gasteiger partial charge in [-0.3, -0.25) is 0 Å². The Morgan fingerprint density at radius 1 is 1.26 bits per heavy atom. The quantitative estimate of drug-likeness (QED) is 0.946. The topological polar surface area (TPSA) is 49.2 Å². The fourth-order valence-electron chi connectivity index (χ4n) is 4.21. The summed E-state index contributed by atoms with van der Waals surface area (Å²) in [4.78, 5) is 10.3. The van der Waals surface area contributed by atoms with Crippen molar-refractivity contribution in [3.8, 4) is 11.3 Å². The van der Waals surface area contributed by atoms with E-state index >= 15 is 0 Å². The number of hydrogen-bond acceptors (Lipinski definition) is 4. The molecule has 1 aliphatic heterocycles. The van der Waals surface area contributed by atoms with E-state index in [1.807, 2.05) is 35.2 Å². The number of nitrogens with zero attached hydrogens (tertiary/aromatic N) is 3. The maximum Gasteiger partial charge on any atom is 0.191 e. The molecule has 120 valence electrons. The summed E-state index contributed by atoms with van der Waals surface area (Å²) in [6.45, 7) is 1.62. The van der Waals surface area contributed by atoms with Crippen molar-refractivity contribution in [3.63, 3.8) is 0 Å². The Morgan fingerprint density at radius 2 is 2.09 bits per heavy atom. The number of aromatic nitrogens is 2. The van der Waals surface area contributed by atoms with Crippen LogP contribution in [0, 0.1) is 17.2 Å². The highest BCUT2D eigenvalue weighted by molar-refractivity contribution is 5.64. The van der Waals surface area contributed by atoms with Crippen LogP contribution in [0.25, 0.3) is 11.3 Å². The number of halogens is 1. The summed E-state index contributed by atoms with van der Waals surface area (Å²) in [7, 11) is 0. The highest BCUT2D eigenvalue weighted by Gasteiger charge is 2.49. The fraction of sp³-hybridized carbons (Fsp3) is 0.444. The number of rotatable bonds is 3. The summed E-state index contributed by atoms with van der Waals surface area (Å²) < 4.78 is 15.0. The van der Waals surface area contributed by atoms with Crippen LogP contribution < -0.4 is 4.90 Å². The molecule has 2 aromatic rings. The predicted octanol–water partition coefficient (Wildman–Crippen LogP) is 2.88. The van der Waals surface area contributed by atoms with E-state index in [2.05, 4.69) is 9.97 Å². The van der Waals surface area contributed by atoms with Gasteiger partial charge in [-0.1, -0.05) is 36.8 Å². The second-order valence-corrected chi connectivity index (χ2v) is 6.72. The van der Waals surface area contributed by atoms with Crippen LogP contribution >= 0.6 is 0 Å². The van der Waals surface area contributed by atoms with Crippen molar-refractivity contribution in [2.75, 3.05) is 24.6 Å². The first-order valence-corrected chi connectivity index (χ1v) is 8.15. The van der Waals surface area contributed by atoms with Crippen molar-refractivity contribution >= 4 is 5.82 Å². The Hall–Kier alpha value is -2.01. The van der Waals surface area contributed by atoms with Crippen molar-refractivity contribution in [3.05, 3.63) is 42.5 Å². The normalized spacial score (nSPS) is 26.5. The van der Waals surface area contributed by atoms with E-state index in [4.69, 9.17) is 0 Å². The van der Waals surface area contributed by atoms with Gasteiger partial charge in [0.15, 0.2) is 11.6 Å². The van der Waals surface area contributed by atoms with Crippen LogP contribution in [0.3, 0.4) is 0 Å². The molecule has 2 heterocycles. The third-order valence-electron chi connectivity index (χ3n) is 5.47. The lowest BCUT2D eigenvalue weighted by molar-refractivity contribution is 0.121. The van der Waals surface area contributed by atoms with Crippen molar-refractivity contribution in [2.24, 2.45) is 11.3 Å². The van der Waals surface area contributed by atoms with Gasteiger partial charge < -0.3 is 10.0 Å². The summed E-state index contributed by atoms with van der Waals surface area (Å²) >= 11 is 0. The Bertz CT molecular complexity index is 709. The first-order valence-electron chi connectivity index (χ1n) is 8.15. The van der Waals surface area contributed by atoms with Gasteiger partial charge in [0.25, 0.3) is 0 Å². The molecule has 4 rings (SSSR count). The van der Waals surface area contributed by atoms with E-state index in [9.17, 15) is 9.50 Å². The number of aliphatic hydroxyl groups is 1.